The number of hydrogen-bond donors (Lipinski definition) is 0. The topological polar surface area (TPSA) is 0 Å². The van der Waals surface area contributed by atoms with Crippen molar-refractivity contribution in [3.63, 3.8) is 0 Å². The molecule has 1 rings (SSSR count). The van der Waals surface area contributed by atoms with Crippen molar-refractivity contribution in [3.8, 4) is 0 Å². The van der Waals surface area contributed by atoms with Gasteiger partial charge in [-0.15, -0.1) is 0 Å². The molecule has 0 aromatic carbocycles. The largest absolute Gasteiger partial charge is 0.0768 e. The number of rotatable bonds is 0. The fourth-order valence-corrected chi connectivity index (χ4v) is 1.55. The Labute approximate surface area is 82.7 Å². The van der Waals surface area contributed by atoms with E-state index in [1.165, 1.54) is 5.57 Å². The average Bonchev–Trinajstić information content (AvgIpc) is 2.28. The Hall–Kier alpha value is -0.520. The van der Waals surface area contributed by atoms with Crippen molar-refractivity contribution in [3.05, 3.63) is 23.8 Å². The summed E-state index contributed by atoms with van der Waals surface area (Å²) in [6.45, 7) is 13.7. The van der Waals surface area contributed by atoms with Crippen molar-refractivity contribution < 1.29 is 0 Å². The predicted molar refractivity (Wildman–Crippen MR) is 59.6 cm³/mol. The van der Waals surface area contributed by atoms with E-state index in [-0.39, 0.29) is 0 Å². The molecule has 0 aliphatic heterocycles. The van der Waals surface area contributed by atoms with Gasteiger partial charge in [-0.25, -0.2) is 0 Å². The van der Waals surface area contributed by atoms with Crippen LogP contribution in [0, 0.1) is 16.7 Å². The second kappa shape index (κ2) is 3.01. The van der Waals surface area contributed by atoms with E-state index in [2.05, 4.69) is 59.8 Å². The fraction of sp³-hybridized carbons (Fsp3) is 0.692. The predicted octanol–water partition coefficient (Wildman–Crippen LogP) is 4.19. The Morgan fingerprint density at radius 3 is 1.77 bits per heavy atom. The molecule has 0 nitrogen and oxygen atoms in total. The molecule has 74 valence electrons. The van der Waals surface area contributed by atoms with Crippen LogP contribution in [0.5, 0.6) is 0 Å². The molecule has 0 bridgehead atoms. The summed E-state index contributed by atoms with van der Waals surface area (Å²) in [6, 6.07) is 0. The molecule has 0 fully saturated rings. The van der Waals surface area contributed by atoms with E-state index in [1.807, 2.05) is 0 Å². The van der Waals surface area contributed by atoms with Crippen molar-refractivity contribution in [2.24, 2.45) is 16.7 Å². The SMILES string of the molecule is CC(C)(C)C1=CC(C(C)(C)C)C=C1. The van der Waals surface area contributed by atoms with Crippen molar-refractivity contribution in [2.75, 3.05) is 0 Å². The second-order valence-corrected chi connectivity index (χ2v) is 6.12. The second-order valence-electron chi connectivity index (χ2n) is 6.12. The van der Waals surface area contributed by atoms with Gasteiger partial charge in [0.15, 0.2) is 0 Å². The molecule has 0 spiro atoms. The lowest BCUT2D eigenvalue weighted by Crippen LogP contribution is -2.15. The van der Waals surface area contributed by atoms with Crippen LogP contribution in [0.1, 0.15) is 41.5 Å². The van der Waals surface area contributed by atoms with E-state index in [1.54, 1.807) is 0 Å². The molecule has 0 saturated carbocycles. The maximum atomic E-state index is 2.42. The summed E-state index contributed by atoms with van der Waals surface area (Å²) in [5.74, 6) is 0.613. The van der Waals surface area contributed by atoms with Crippen molar-refractivity contribution in [2.45, 2.75) is 41.5 Å². The van der Waals surface area contributed by atoms with Crippen LogP contribution in [0.15, 0.2) is 23.8 Å². The Balaban J connectivity index is 2.84. The average molecular weight is 178 g/mol. The van der Waals surface area contributed by atoms with Gasteiger partial charge in [-0.2, -0.15) is 0 Å². The zero-order valence-corrected chi connectivity index (χ0v) is 9.81. The van der Waals surface area contributed by atoms with Gasteiger partial charge in [0, 0.05) is 5.92 Å². The number of allylic oxidation sites excluding steroid dienone is 4. The van der Waals surface area contributed by atoms with Crippen LogP contribution in [0.4, 0.5) is 0 Å². The smallest absolute Gasteiger partial charge is 0.000437 e. The highest BCUT2D eigenvalue weighted by atomic mass is 14.3. The van der Waals surface area contributed by atoms with E-state index < -0.39 is 0 Å². The molecular formula is C13H22. The lowest BCUT2D eigenvalue weighted by molar-refractivity contribution is 0.344. The molecule has 1 unspecified atom stereocenters. The summed E-state index contributed by atoms with van der Waals surface area (Å²) in [7, 11) is 0. The van der Waals surface area contributed by atoms with Crippen LogP contribution in [0.25, 0.3) is 0 Å². The van der Waals surface area contributed by atoms with Gasteiger partial charge in [0.1, 0.15) is 0 Å². The molecule has 13 heavy (non-hydrogen) atoms. The molecule has 0 N–H and O–H groups in total. The van der Waals surface area contributed by atoms with E-state index >= 15 is 0 Å². The maximum absolute atomic E-state index is 2.42. The highest BCUT2D eigenvalue weighted by Crippen LogP contribution is 2.38. The van der Waals surface area contributed by atoms with Gasteiger partial charge in [0.2, 0.25) is 0 Å². The molecule has 1 aliphatic rings. The molecule has 0 aromatic heterocycles. The molecule has 1 aliphatic carbocycles. The van der Waals surface area contributed by atoms with Crippen LogP contribution >= 0.6 is 0 Å². The first kappa shape index (κ1) is 10.6. The monoisotopic (exact) mass is 178 g/mol. The van der Waals surface area contributed by atoms with E-state index in [0.717, 1.165) is 0 Å². The summed E-state index contributed by atoms with van der Waals surface area (Å²) in [5.41, 5.74) is 2.15. The van der Waals surface area contributed by atoms with E-state index in [9.17, 15) is 0 Å². The first-order valence-corrected chi connectivity index (χ1v) is 5.12. The van der Waals surface area contributed by atoms with Crippen LogP contribution in [-0.2, 0) is 0 Å². The minimum Gasteiger partial charge on any atom is -0.0768 e. The summed E-state index contributed by atoms with van der Waals surface area (Å²) in [5, 5.41) is 0. The molecule has 1 atom stereocenters. The van der Waals surface area contributed by atoms with Gasteiger partial charge in [0.05, 0.1) is 0 Å². The Bertz CT molecular complexity index is 240. The fourth-order valence-electron chi connectivity index (χ4n) is 1.55. The lowest BCUT2D eigenvalue weighted by Gasteiger charge is -2.24. The maximum Gasteiger partial charge on any atom is 0.000437 e. The van der Waals surface area contributed by atoms with Crippen LogP contribution in [0.2, 0.25) is 0 Å². The highest BCUT2D eigenvalue weighted by Gasteiger charge is 2.26. The zero-order chi connectivity index (χ0) is 10.3. The molecule has 0 heterocycles. The molecule has 0 amide bonds. The normalized spacial score (nSPS) is 23.5. The van der Waals surface area contributed by atoms with Crippen molar-refractivity contribution >= 4 is 0 Å². The van der Waals surface area contributed by atoms with E-state index in [4.69, 9.17) is 0 Å². The highest BCUT2D eigenvalue weighted by molar-refractivity contribution is 5.34. The Morgan fingerprint density at radius 2 is 1.54 bits per heavy atom. The Morgan fingerprint density at radius 1 is 1.00 bits per heavy atom. The third kappa shape index (κ3) is 2.46. The van der Waals surface area contributed by atoms with Gasteiger partial charge >= 0.3 is 0 Å². The molecule has 0 heteroatoms. The van der Waals surface area contributed by atoms with Gasteiger partial charge in [-0.05, 0) is 16.4 Å². The molecule has 0 aromatic rings. The minimum atomic E-state index is 0.302. The van der Waals surface area contributed by atoms with Crippen molar-refractivity contribution in [1.82, 2.24) is 0 Å². The van der Waals surface area contributed by atoms with E-state index in [0.29, 0.717) is 16.7 Å². The third-order valence-corrected chi connectivity index (χ3v) is 2.71. The molecule has 0 saturated heterocycles. The zero-order valence-electron chi connectivity index (χ0n) is 9.81. The molecular weight excluding hydrogens is 156 g/mol. The summed E-state index contributed by atoms with van der Waals surface area (Å²) < 4.78 is 0. The Kier molecular flexibility index (Phi) is 2.44. The molecule has 0 radical (unpaired) electrons. The first-order chi connectivity index (χ1) is 5.71. The van der Waals surface area contributed by atoms with Gasteiger partial charge < -0.3 is 0 Å². The van der Waals surface area contributed by atoms with Crippen LogP contribution < -0.4 is 0 Å². The van der Waals surface area contributed by atoms with Gasteiger partial charge in [-0.1, -0.05) is 59.8 Å². The minimum absolute atomic E-state index is 0.302. The van der Waals surface area contributed by atoms with Gasteiger partial charge in [0.25, 0.3) is 0 Å². The van der Waals surface area contributed by atoms with Crippen molar-refractivity contribution in [1.29, 1.82) is 0 Å². The quantitative estimate of drug-likeness (QED) is 0.521. The standard InChI is InChI=1S/C13H22/c1-12(2,3)10-7-8-11(9-10)13(4,5)6/h7-10H,1-6H3. The van der Waals surface area contributed by atoms with Crippen LogP contribution in [0.3, 0.4) is 0 Å². The van der Waals surface area contributed by atoms with Crippen LogP contribution in [-0.4, -0.2) is 0 Å². The summed E-state index contributed by atoms with van der Waals surface area (Å²) in [6.07, 6.45) is 7.04. The third-order valence-electron chi connectivity index (χ3n) is 2.71. The number of hydrogen-bond acceptors (Lipinski definition) is 0. The lowest BCUT2D eigenvalue weighted by atomic mass is 9.80. The summed E-state index contributed by atoms with van der Waals surface area (Å²) >= 11 is 0. The first-order valence-electron chi connectivity index (χ1n) is 5.12. The summed E-state index contributed by atoms with van der Waals surface area (Å²) in [4.78, 5) is 0. The van der Waals surface area contributed by atoms with Gasteiger partial charge in [-0.3, -0.25) is 0 Å².